The minimum atomic E-state index is -0.570. The van der Waals surface area contributed by atoms with Crippen molar-refractivity contribution >= 4 is 80.0 Å². The molecule has 6 aromatic rings. The van der Waals surface area contributed by atoms with Crippen LogP contribution < -0.4 is 16.0 Å². The SMILES string of the molecule is CC(=O)NCCNC(=O)n1c(O)c(C2=Nc3ccccc3C2=O)c2ccccc21.CN1CCC(NC(=O)n2c(O)c(C3=Nc4ccccc4C3=O)c3ccccc32)CC1=O. The number of rotatable bonds is 6. The molecule has 4 aromatic carbocycles. The van der Waals surface area contributed by atoms with Gasteiger partial charge in [0, 0.05) is 68.0 Å². The number of aromatic nitrogens is 2. The maximum Gasteiger partial charge on any atom is 0.329 e. The number of para-hydroxylation sites is 4. The molecule has 2 aromatic heterocycles. The summed E-state index contributed by atoms with van der Waals surface area (Å²) in [6, 6.07) is 26.3. The predicted molar refractivity (Wildman–Crippen MR) is 223 cm³/mol. The number of likely N-dealkylation sites (tertiary alicyclic amines) is 1. The molecule has 1 fully saturated rings. The van der Waals surface area contributed by atoms with Gasteiger partial charge in [0.25, 0.3) is 0 Å². The third-order valence-corrected chi connectivity index (χ3v) is 10.5. The van der Waals surface area contributed by atoms with Gasteiger partial charge in [-0.15, -0.1) is 0 Å². The van der Waals surface area contributed by atoms with Gasteiger partial charge in [0.2, 0.25) is 35.1 Å². The standard InChI is InChI=1S/C23H20N4O4.C21H18N4O4/c1-26-11-10-13(12-18(26)28)24-23(31)27-17-9-5-3-7-15(17)19(22(27)30)20-21(29)14-6-2-4-8-16(14)25-20;1-12(26)22-10-11-23-21(29)25-16-9-5-3-7-14(16)17(20(25)28)18-19(27)13-6-2-4-8-15(13)24-18/h2-9,13,30H,10-12H2,1H3,(H,24,31);2-9,28H,10-11H2,1H3,(H,22,26)(H,23,29). The van der Waals surface area contributed by atoms with Crippen molar-refractivity contribution in [1.29, 1.82) is 0 Å². The number of fused-ring (bicyclic) bond motifs is 4. The topological polar surface area (TPSA) is 217 Å². The van der Waals surface area contributed by atoms with E-state index in [1.165, 1.54) is 6.92 Å². The predicted octanol–water partition coefficient (Wildman–Crippen LogP) is 5.20. The molecule has 0 spiro atoms. The zero-order valence-electron chi connectivity index (χ0n) is 32.4. The van der Waals surface area contributed by atoms with E-state index in [-0.39, 0.29) is 83.2 Å². The highest BCUT2D eigenvalue weighted by molar-refractivity contribution is 6.57. The second kappa shape index (κ2) is 15.8. The minimum Gasteiger partial charge on any atom is -0.494 e. The molecule has 3 aliphatic heterocycles. The molecule has 0 saturated carbocycles. The number of hydrogen-bond acceptors (Lipinski definition) is 10. The monoisotopic (exact) mass is 806 g/mol. The fraction of sp³-hybridized carbons (Fsp3) is 0.182. The van der Waals surface area contributed by atoms with Gasteiger partial charge in [-0.1, -0.05) is 60.7 Å². The number of aliphatic imine (C=N–C) groups is 2. The molecule has 60 heavy (non-hydrogen) atoms. The normalized spacial score (nSPS) is 15.5. The van der Waals surface area contributed by atoms with Gasteiger partial charge in [-0.25, -0.2) is 28.7 Å². The maximum absolute atomic E-state index is 13.1. The Bertz CT molecular complexity index is 2870. The molecular formula is C44H38N8O8. The molecule has 16 heteroatoms. The third kappa shape index (κ3) is 6.93. The Morgan fingerprint density at radius 1 is 0.667 bits per heavy atom. The lowest BCUT2D eigenvalue weighted by Crippen LogP contribution is -2.47. The molecule has 5 N–H and O–H groups in total. The molecule has 0 radical (unpaired) electrons. The largest absolute Gasteiger partial charge is 0.494 e. The molecule has 4 amide bonds. The first-order valence-corrected chi connectivity index (χ1v) is 19.1. The Balaban J connectivity index is 0.000000167. The number of piperidine rings is 1. The van der Waals surface area contributed by atoms with Crippen LogP contribution in [0.5, 0.6) is 11.8 Å². The lowest BCUT2D eigenvalue weighted by atomic mass is 10.0. The summed E-state index contributed by atoms with van der Waals surface area (Å²) in [7, 11) is 1.73. The van der Waals surface area contributed by atoms with Gasteiger partial charge in [0.05, 0.1) is 33.5 Å². The van der Waals surface area contributed by atoms with Crippen molar-refractivity contribution in [2.45, 2.75) is 25.8 Å². The third-order valence-electron chi connectivity index (χ3n) is 10.5. The second-order valence-corrected chi connectivity index (χ2v) is 14.4. The van der Waals surface area contributed by atoms with Gasteiger partial charge in [-0.05, 0) is 42.8 Å². The number of ketones is 2. The van der Waals surface area contributed by atoms with Crippen molar-refractivity contribution < 1.29 is 39.0 Å². The first kappa shape index (κ1) is 39.0. The van der Waals surface area contributed by atoms with Crippen molar-refractivity contribution in [2.75, 3.05) is 26.7 Å². The number of Topliss-reactive ketones (excluding diaryl/α,β-unsaturated/α-hetero) is 2. The van der Waals surface area contributed by atoms with E-state index in [0.29, 0.717) is 57.3 Å². The average Bonchev–Trinajstić information content (AvgIpc) is 3.94. The van der Waals surface area contributed by atoms with Gasteiger partial charge in [-0.3, -0.25) is 19.2 Å². The summed E-state index contributed by atoms with van der Waals surface area (Å²) < 4.78 is 2.25. The molecule has 16 nitrogen and oxygen atoms in total. The highest BCUT2D eigenvalue weighted by atomic mass is 16.3. The van der Waals surface area contributed by atoms with Gasteiger partial charge in [0.1, 0.15) is 11.4 Å². The Kier molecular flexibility index (Phi) is 10.3. The number of amides is 4. The molecule has 1 unspecified atom stereocenters. The highest BCUT2D eigenvalue weighted by Crippen LogP contribution is 2.39. The number of nitrogens with one attached hydrogen (secondary N) is 3. The van der Waals surface area contributed by atoms with Gasteiger partial charge in [-0.2, -0.15) is 0 Å². The van der Waals surface area contributed by atoms with E-state index in [0.717, 1.165) is 9.13 Å². The zero-order valence-corrected chi connectivity index (χ0v) is 32.4. The Labute approximate surface area is 341 Å². The fourth-order valence-electron chi connectivity index (χ4n) is 7.59. The molecule has 302 valence electrons. The van der Waals surface area contributed by atoms with Crippen molar-refractivity contribution in [2.24, 2.45) is 9.98 Å². The summed E-state index contributed by atoms with van der Waals surface area (Å²) in [5.74, 6) is -1.54. The summed E-state index contributed by atoms with van der Waals surface area (Å²) in [5, 5.41) is 31.1. The smallest absolute Gasteiger partial charge is 0.329 e. The quantitative estimate of drug-likeness (QED) is 0.141. The molecule has 9 rings (SSSR count). The summed E-state index contributed by atoms with van der Waals surface area (Å²) in [6.07, 6.45) is 0.830. The van der Waals surface area contributed by atoms with Crippen LogP contribution in [0.2, 0.25) is 0 Å². The van der Waals surface area contributed by atoms with E-state index in [1.807, 2.05) is 0 Å². The number of carbonyl (C=O) groups excluding carboxylic acids is 6. The van der Waals surface area contributed by atoms with Crippen molar-refractivity contribution in [3.63, 3.8) is 0 Å². The lowest BCUT2D eigenvalue weighted by molar-refractivity contribution is -0.132. The molecule has 0 aliphatic carbocycles. The fourth-order valence-corrected chi connectivity index (χ4v) is 7.59. The molecule has 0 bridgehead atoms. The Morgan fingerprint density at radius 3 is 1.63 bits per heavy atom. The lowest BCUT2D eigenvalue weighted by Gasteiger charge is -2.29. The van der Waals surface area contributed by atoms with Crippen molar-refractivity contribution in [1.82, 2.24) is 30.0 Å². The first-order valence-electron chi connectivity index (χ1n) is 19.1. The van der Waals surface area contributed by atoms with Crippen LogP contribution in [0.3, 0.4) is 0 Å². The zero-order chi connectivity index (χ0) is 42.2. The van der Waals surface area contributed by atoms with Crippen LogP contribution in [0.15, 0.2) is 107 Å². The Hall–Kier alpha value is -7.88. The maximum atomic E-state index is 13.1. The van der Waals surface area contributed by atoms with E-state index >= 15 is 0 Å². The van der Waals surface area contributed by atoms with E-state index < -0.39 is 12.1 Å². The van der Waals surface area contributed by atoms with E-state index in [4.69, 9.17) is 0 Å². The average molecular weight is 807 g/mol. The van der Waals surface area contributed by atoms with Crippen LogP contribution in [0.4, 0.5) is 21.0 Å². The molecule has 1 atom stereocenters. The summed E-state index contributed by atoms with van der Waals surface area (Å²) in [5.41, 5.74) is 3.55. The van der Waals surface area contributed by atoms with Crippen molar-refractivity contribution in [3.8, 4) is 11.8 Å². The van der Waals surface area contributed by atoms with Crippen LogP contribution in [0, 0.1) is 0 Å². The highest BCUT2D eigenvalue weighted by Gasteiger charge is 2.35. The van der Waals surface area contributed by atoms with E-state index in [2.05, 4.69) is 25.9 Å². The number of aromatic hydroxyl groups is 2. The molecular weight excluding hydrogens is 769 g/mol. The summed E-state index contributed by atoms with van der Waals surface area (Å²) >= 11 is 0. The molecule has 1 saturated heterocycles. The van der Waals surface area contributed by atoms with Gasteiger partial charge < -0.3 is 31.1 Å². The van der Waals surface area contributed by atoms with Crippen LogP contribution in [-0.4, -0.2) is 104 Å². The second-order valence-electron chi connectivity index (χ2n) is 14.4. The molecule has 3 aliphatic rings. The van der Waals surface area contributed by atoms with E-state index in [1.54, 1.807) is 109 Å². The van der Waals surface area contributed by atoms with Crippen LogP contribution in [0.25, 0.3) is 21.8 Å². The number of hydrogen-bond donors (Lipinski definition) is 5. The Morgan fingerprint density at radius 2 is 1.13 bits per heavy atom. The van der Waals surface area contributed by atoms with Crippen LogP contribution in [0.1, 0.15) is 51.6 Å². The summed E-state index contributed by atoms with van der Waals surface area (Å²) in [4.78, 5) is 85.0. The van der Waals surface area contributed by atoms with Crippen LogP contribution in [-0.2, 0) is 9.59 Å². The summed E-state index contributed by atoms with van der Waals surface area (Å²) in [6.45, 7) is 2.38. The number of benzene rings is 4. The number of carbonyl (C=O) groups is 6. The molecule has 5 heterocycles. The van der Waals surface area contributed by atoms with Gasteiger partial charge in [0.15, 0.2) is 0 Å². The minimum absolute atomic E-state index is 0.0394. The number of nitrogens with zero attached hydrogens (tertiary/aromatic N) is 5. The van der Waals surface area contributed by atoms with Crippen LogP contribution >= 0.6 is 0 Å². The van der Waals surface area contributed by atoms with E-state index in [9.17, 15) is 39.0 Å². The van der Waals surface area contributed by atoms with Gasteiger partial charge >= 0.3 is 12.1 Å². The van der Waals surface area contributed by atoms with Crippen molar-refractivity contribution in [3.05, 3.63) is 119 Å². The first-order chi connectivity index (χ1) is 28.9.